The molecule has 1 aliphatic rings. The number of hydrogen-bond donors (Lipinski definition) is 1. The fourth-order valence-corrected chi connectivity index (χ4v) is 1.33. The number of hydrogen-bond acceptors (Lipinski definition) is 5. The Kier molecular flexibility index (Phi) is 2.39. The molecular formula is C8H9N5O3. The number of barbiturate groups is 1. The van der Waals surface area contributed by atoms with Gasteiger partial charge in [0, 0.05) is 7.05 Å². The van der Waals surface area contributed by atoms with E-state index in [0.29, 0.717) is 5.82 Å². The summed E-state index contributed by atoms with van der Waals surface area (Å²) in [6.07, 6.45) is 1.15. The smallest absolute Gasteiger partial charge is 0.319 e. The molecule has 84 valence electrons. The van der Waals surface area contributed by atoms with Gasteiger partial charge >= 0.3 is 6.03 Å². The molecule has 8 heteroatoms. The number of carbonyl (C=O) groups excluding carboxylic acids is 3. The van der Waals surface area contributed by atoms with Gasteiger partial charge in [-0.25, -0.2) is 4.79 Å². The highest BCUT2D eigenvalue weighted by Crippen LogP contribution is 2.07. The lowest BCUT2D eigenvalue weighted by atomic mass is 10.3. The number of imide groups is 2. The molecule has 0 bridgehead atoms. The van der Waals surface area contributed by atoms with E-state index < -0.39 is 17.8 Å². The van der Waals surface area contributed by atoms with Crippen LogP contribution in [0.5, 0.6) is 0 Å². The Hall–Kier alpha value is -2.25. The van der Waals surface area contributed by atoms with Gasteiger partial charge in [0.15, 0.2) is 5.82 Å². The van der Waals surface area contributed by atoms with Gasteiger partial charge in [-0.15, -0.1) is 10.2 Å². The number of nitrogens with zero attached hydrogens (tertiary/aromatic N) is 4. The highest BCUT2D eigenvalue weighted by Gasteiger charge is 2.31. The summed E-state index contributed by atoms with van der Waals surface area (Å²) in [5, 5.41) is 9.44. The predicted octanol–water partition coefficient (Wildman–Crippen LogP) is -1.22. The summed E-state index contributed by atoms with van der Waals surface area (Å²) in [5.41, 5.74) is 0. The van der Waals surface area contributed by atoms with Crippen LogP contribution < -0.4 is 5.32 Å². The van der Waals surface area contributed by atoms with Crippen molar-refractivity contribution in [2.75, 3.05) is 0 Å². The Bertz CT molecular complexity index is 446. The van der Waals surface area contributed by atoms with Crippen LogP contribution in [0.1, 0.15) is 12.2 Å². The van der Waals surface area contributed by atoms with Crippen LogP contribution in [-0.4, -0.2) is 37.5 Å². The summed E-state index contributed by atoms with van der Waals surface area (Å²) < 4.78 is 1.59. The molecule has 4 amide bonds. The highest BCUT2D eigenvalue weighted by molar-refractivity contribution is 6.13. The molecular weight excluding hydrogens is 214 g/mol. The molecule has 2 rings (SSSR count). The van der Waals surface area contributed by atoms with E-state index in [-0.39, 0.29) is 13.0 Å². The van der Waals surface area contributed by atoms with Crippen molar-refractivity contribution < 1.29 is 14.4 Å². The van der Waals surface area contributed by atoms with Crippen LogP contribution in [-0.2, 0) is 23.2 Å². The van der Waals surface area contributed by atoms with Crippen molar-refractivity contribution in [1.82, 2.24) is 25.0 Å². The molecule has 0 aliphatic carbocycles. The molecule has 0 atom stereocenters. The number of amides is 4. The van der Waals surface area contributed by atoms with E-state index in [1.54, 1.807) is 11.6 Å². The predicted molar refractivity (Wildman–Crippen MR) is 49.7 cm³/mol. The molecule has 16 heavy (non-hydrogen) atoms. The zero-order valence-electron chi connectivity index (χ0n) is 8.51. The second-order valence-electron chi connectivity index (χ2n) is 3.37. The average Bonchev–Trinajstić information content (AvgIpc) is 2.57. The van der Waals surface area contributed by atoms with E-state index in [9.17, 15) is 14.4 Å². The zero-order valence-corrected chi connectivity index (χ0v) is 8.51. The van der Waals surface area contributed by atoms with E-state index in [4.69, 9.17) is 0 Å². The van der Waals surface area contributed by atoms with Crippen molar-refractivity contribution in [3.05, 3.63) is 12.2 Å². The second-order valence-corrected chi connectivity index (χ2v) is 3.37. The Morgan fingerprint density at radius 3 is 2.75 bits per heavy atom. The van der Waals surface area contributed by atoms with Crippen molar-refractivity contribution in [1.29, 1.82) is 0 Å². The molecule has 1 aliphatic heterocycles. The van der Waals surface area contributed by atoms with Crippen molar-refractivity contribution >= 4 is 17.8 Å². The van der Waals surface area contributed by atoms with Crippen molar-refractivity contribution in [2.24, 2.45) is 7.05 Å². The number of aryl methyl sites for hydroxylation is 1. The molecule has 0 radical (unpaired) electrons. The molecule has 1 aromatic heterocycles. The molecule has 1 fully saturated rings. The third-order valence-corrected chi connectivity index (χ3v) is 2.21. The normalized spacial score (nSPS) is 16.6. The van der Waals surface area contributed by atoms with E-state index >= 15 is 0 Å². The zero-order chi connectivity index (χ0) is 11.7. The van der Waals surface area contributed by atoms with Gasteiger partial charge in [0.05, 0.1) is 6.54 Å². The maximum atomic E-state index is 11.4. The minimum Gasteiger partial charge on any atom is -0.319 e. The summed E-state index contributed by atoms with van der Waals surface area (Å²) in [4.78, 5) is 34.6. The van der Waals surface area contributed by atoms with E-state index in [1.165, 1.54) is 6.33 Å². The van der Waals surface area contributed by atoms with E-state index in [1.807, 2.05) is 0 Å². The first-order chi connectivity index (χ1) is 7.58. The molecule has 0 saturated carbocycles. The first-order valence-corrected chi connectivity index (χ1v) is 4.55. The lowest BCUT2D eigenvalue weighted by molar-refractivity contribution is -0.136. The molecule has 0 unspecified atom stereocenters. The Morgan fingerprint density at radius 2 is 2.19 bits per heavy atom. The number of rotatable bonds is 2. The molecule has 1 saturated heterocycles. The van der Waals surface area contributed by atoms with Crippen molar-refractivity contribution in [2.45, 2.75) is 13.0 Å². The highest BCUT2D eigenvalue weighted by atomic mass is 16.2. The SMILES string of the molecule is Cn1cnnc1CN1C(=O)CC(=O)NC1=O. The summed E-state index contributed by atoms with van der Waals surface area (Å²) in [5.74, 6) is -0.640. The Morgan fingerprint density at radius 1 is 1.44 bits per heavy atom. The maximum absolute atomic E-state index is 11.4. The van der Waals surface area contributed by atoms with Gasteiger partial charge in [-0.3, -0.25) is 19.8 Å². The van der Waals surface area contributed by atoms with Gasteiger partial charge in [0.2, 0.25) is 11.8 Å². The van der Waals surface area contributed by atoms with Crippen LogP contribution in [0.2, 0.25) is 0 Å². The quantitative estimate of drug-likeness (QED) is 0.634. The van der Waals surface area contributed by atoms with Crippen LogP contribution >= 0.6 is 0 Å². The Balaban J connectivity index is 2.15. The molecule has 1 N–H and O–H groups in total. The lowest BCUT2D eigenvalue weighted by Crippen LogP contribution is -2.52. The first kappa shape index (κ1) is 10.3. The van der Waals surface area contributed by atoms with Gasteiger partial charge in [-0.05, 0) is 0 Å². The van der Waals surface area contributed by atoms with Gasteiger partial charge in [0.1, 0.15) is 12.7 Å². The average molecular weight is 223 g/mol. The molecule has 2 heterocycles. The summed E-state index contributed by atoms with van der Waals surface area (Å²) in [6.45, 7) is 0.00838. The monoisotopic (exact) mass is 223 g/mol. The van der Waals surface area contributed by atoms with Gasteiger partial charge in [-0.1, -0.05) is 0 Å². The summed E-state index contributed by atoms with van der Waals surface area (Å²) in [6, 6.07) is -0.718. The number of nitrogens with one attached hydrogen (secondary N) is 1. The van der Waals surface area contributed by atoms with E-state index in [2.05, 4.69) is 15.5 Å². The first-order valence-electron chi connectivity index (χ1n) is 4.55. The standard InChI is InChI=1S/C8H9N5O3/c1-12-4-9-11-5(12)3-13-7(15)2-6(14)10-8(13)16/h4H,2-3H2,1H3,(H,10,14,16). The minimum absolute atomic E-state index is 0.00838. The molecule has 8 nitrogen and oxygen atoms in total. The van der Waals surface area contributed by atoms with Gasteiger partial charge in [0.25, 0.3) is 0 Å². The second kappa shape index (κ2) is 3.72. The van der Waals surface area contributed by atoms with Crippen LogP contribution in [0.4, 0.5) is 4.79 Å². The van der Waals surface area contributed by atoms with Crippen molar-refractivity contribution in [3.8, 4) is 0 Å². The van der Waals surface area contributed by atoms with Crippen molar-refractivity contribution in [3.63, 3.8) is 0 Å². The summed E-state index contributed by atoms with van der Waals surface area (Å²) >= 11 is 0. The fraction of sp³-hybridized carbons (Fsp3) is 0.375. The maximum Gasteiger partial charge on any atom is 0.331 e. The van der Waals surface area contributed by atoms with Crippen LogP contribution in [0.3, 0.4) is 0 Å². The third kappa shape index (κ3) is 1.76. The lowest BCUT2D eigenvalue weighted by Gasteiger charge is -2.23. The molecule has 0 aromatic carbocycles. The number of aromatic nitrogens is 3. The van der Waals surface area contributed by atoms with Gasteiger partial charge in [-0.2, -0.15) is 0 Å². The van der Waals surface area contributed by atoms with Crippen LogP contribution in [0.25, 0.3) is 0 Å². The molecule has 0 spiro atoms. The minimum atomic E-state index is -0.718. The number of carbonyl (C=O) groups is 3. The Labute approximate surface area is 90.2 Å². The van der Waals surface area contributed by atoms with Crippen LogP contribution in [0.15, 0.2) is 6.33 Å². The topological polar surface area (TPSA) is 97.2 Å². The van der Waals surface area contributed by atoms with Gasteiger partial charge < -0.3 is 4.57 Å². The fourth-order valence-electron chi connectivity index (χ4n) is 1.33. The third-order valence-electron chi connectivity index (χ3n) is 2.21. The number of urea groups is 1. The van der Waals surface area contributed by atoms with E-state index in [0.717, 1.165) is 4.90 Å². The summed E-state index contributed by atoms with van der Waals surface area (Å²) in [7, 11) is 1.70. The largest absolute Gasteiger partial charge is 0.331 e. The molecule has 1 aromatic rings. The van der Waals surface area contributed by atoms with Crippen LogP contribution in [0, 0.1) is 0 Å².